The van der Waals surface area contributed by atoms with Crippen molar-refractivity contribution >= 4 is 33.9 Å². The lowest BCUT2D eigenvalue weighted by molar-refractivity contribution is 0.0358. The zero-order chi connectivity index (χ0) is 23.9. The molecule has 0 aliphatic carbocycles. The zero-order valence-electron chi connectivity index (χ0n) is 19.8. The van der Waals surface area contributed by atoms with Gasteiger partial charge in [-0.05, 0) is 59.9 Å². The van der Waals surface area contributed by atoms with Crippen LogP contribution in [0.4, 0.5) is 5.69 Å². The van der Waals surface area contributed by atoms with Crippen LogP contribution < -0.4 is 15.6 Å². The molecule has 2 aromatic carbocycles. The number of benzene rings is 2. The summed E-state index contributed by atoms with van der Waals surface area (Å²) in [6.07, 6.45) is 0.947. The quantitative estimate of drug-likeness (QED) is 0.477. The predicted octanol–water partition coefficient (Wildman–Crippen LogP) is 3.63. The van der Waals surface area contributed by atoms with Gasteiger partial charge in [0.15, 0.2) is 5.11 Å². The molecule has 1 fully saturated rings. The molecular weight excluding hydrogens is 448 g/mol. The van der Waals surface area contributed by atoms with Crippen molar-refractivity contribution in [3.63, 3.8) is 0 Å². The monoisotopic (exact) mass is 480 g/mol. The highest BCUT2D eigenvalue weighted by Gasteiger charge is 2.18. The second-order valence-electron chi connectivity index (χ2n) is 8.40. The minimum atomic E-state index is -0.0896. The molecular formula is C26H32N4O3S. The highest BCUT2D eigenvalue weighted by atomic mass is 32.1. The number of anilines is 1. The van der Waals surface area contributed by atoms with E-state index >= 15 is 0 Å². The van der Waals surface area contributed by atoms with E-state index in [1.807, 2.05) is 36.4 Å². The van der Waals surface area contributed by atoms with Gasteiger partial charge >= 0.3 is 0 Å². The molecule has 1 aliphatic heterocycles. The molecule has 1 aromatic heterocycles. The van der Waals surface area contributed by atoms with Crippen LogP contribution in [0.2, 0.25) is 0 Å². The summed E-state index contributed by atoms with van der Waals surface area (Å²) in [4.78, 5) is 20.4. The Morgan fingerprint density at radius 3 is 2.76 bits per heavy atom. The van der Waals surface area contributed by atoms with E-state index in [2.05, 4.69) is 39.2 Å². The number of aromatic amines is 1. The van der Waals surface area contributed by atoms with Crippen LogP contribution in [-0.2, 0) is 17.7 Å². The van der Waals surface area contributed by atoms with Crippen LogP contribution in [0.15, 0.2) is 53.3 Å². The summed E-state index contributed by atoms with van der Waals surface area (Å²) in [7, 11) is 1.64. The summed E-state index contributed by atoms with van der Waals surface area (Å²) in [5.74, 6) is 0.716. The number of para-hydroxylation sites is 2. The molecule has 8 heteroatoms. The first-order valence-corrected chi connectivity index (χ1v) is 12.1. The normalized spacial score (nSPS) is 14.2. The molecule has 0 saturated carbocycles. The number of methoxy groups -OCH3 is 1. The molecule has 34 heavy (non-hydrogen) atoms. The minimum absolute atomic E-state index is 0.0896. The molecule has 4 rings (SSSR count). The summed E-state index contributed by atoms with van der Waals surface area (Å²) in [5.41, 5.74) is 3.48. The second-order valence-corrected chi connectivity index (χ2v) is 8.79. The van der Waals surface area contributed by atoms with Crippen LogP contribution in [-0.4, -0.2) is 66.4 Å². The number of nitrogens with zero attached hydrogens (tertiary/aromatic N) is 2. The first-order valence-electron chi connectivity index (χ1n) is 11.7. The van der Waals surface area contributed by atoms with Gasteiger partial charge in [0.1, 0.15) is 5.75 Å². The van der Waals surface area contributed by atoms with E-state index < -0.39 is 0 Å². The van der Waals surface area contributed by atoms with E-state index in [1.54, 1.807) is 7.11 Å². The Balaban J connectivity index is 1.58. The molecule has 0 unspecified atom stereocenters. The molecule has 0 amide bonds. The van der Waals surface area contributed by atoms with Crippen LogP contribution in [0.1, 0.15) is 18.1 Å². The van der Waals surface area contributed by atoms with Crippen molar-refractivity contribution in [2.45, 2.75) is 19.9 Å². The second kappa shape index (κ2) is 11.5. The predicted molar refractivity (Wildman–Crippen MR) is 141 cm³/mol. The summed E-state index contributed by atoms with van der Waals surface area (Å²) in [5, 5.41) is 4.91. The Bertz CT molecular complexity index is 1190. The molecule has 0 radical (unpaired) electrons. The summed E-state index contributed by atoms with van der Waals surface area (Å²) in [6.45, 7) is 7.35. The van der Waals surface area contributed by atoms with E-state index in [4.69, 9.17) is 21.7 Å². The number of aromatic nitrogens is 1. The number of morpholine rings is 1. The van der Waals surface area contributed by atoms with Gasteiger partial charge in [0.05, 0.1) is 32.6 Å². The Morgan fingerprint density at radius 2 is 2.00 bits per heavy atom. The van der Waals surface area contributed by atoms with E-state index in [1.165, 1.54) is 5.56 Å². The van der Waals surface area contributed by atoms with Crippen LogP contribution >= 0.6 is 12.2 Å². The highest BCUT2D eigenvalue weighted by Crippen LogP contribution is 2.24. The number of hydrogen-bond acceptors (Lipinski definition) is 5. The molecule has 2 heterocycles. The minimum Gasteiger partial charge on any atom is -0.495 e. The molecule has 2 N–H and O–H groups in total. The molecule has 0 atom stereocenters. The average Bonchev–Trinajstić information content (AvgIpc) is 2.87. The van der Waals surface area contributed by atoms with E-state index in [-0.39, 0.29) is 5.56 Å². The van der Waals surface area contributed by atoms with Crippen LogP contribution in [0.5, 0.6) is 5.75 Å². The molecule has 0 spiro atoms. The standard InChI is InChI=1S/C26H32N4O3S/c1-3-19-8-9-22-20(16-19)17-21(25(31)27-22)18-30(11-10-29-12-14-33-15-13-29)26(34)28-23-6-4-5-7-24(23)32-2/h4-9,16-17H,3,10-15,18H2,1-2H3,(H,27,31)(H,28,34). The van der Waals surface area contributed by atoms with Gasteiger partial charge in [0.2, 0.25) is 0 Å². The van der Waals surface area contributed by atoms with Crippen molar-refractivity contribution in [2.75, 3.05) is 51.8 Å². The number of nitrogens with one attached hydrogen (secondary N) is 2. The number of H-pyrrole nitrogens is 1. The van der Waals surface area contributed by atoms with Gasteiger partial charge in [0, 0.05) is 37.3 Å². The Hall–Kier alpha value is -2.94. The lowest BCUT2D eigenvalue weighted by Gasteiger charge is -2.31. The van der Waals surface area contributed by atoms with E-state index in [9.17, 15) is 4.79 Å². The van der Waals surface area contributed by atoms with E-state index in [0.717, 1.165) is 55.9 Å². The SMILES string of the molecule is CCc1ccc2[nH]c(=O)c(CN(CCN3CCOCC3)C(=S)Nc3ccccc3OC)cc2c1. The first kappa shape index (κ1) is 24.2. The van der Waals surface area contributed by atoms with Crippen molar-refractivity contribution in [1.29, 1.82) is 0 Å². The third-order valence-electron chi connectivity index (χ3n) is 6.18. The summed E-state index contributed by atoms with van der Waals surface area (Å²) in [6, 6.07) is 15.8. The third-order valence-corrected chi connectivity index (χ3v) is 6.54. The zero-order valence-corrected chi connectivity index (χ0v) is 20.6. The van der Waals surface area contributed by atoms with Crippen molar-refractivity contribution < 1.29 is 9.47 Å². The van der Waals surface area contributed by atoms with Crippen molar-refractivity contribution in [2.24, 2.45) is 0 Å². The number of fused-ring (bicyclic) bond motifs is 1. The fraction of sp³-hybridized carbons (Fsp3) is 0.385. The van der Waals surface area contributed by atoms with Gasteiger partial charge in [-0.25, -0.2) is 0 Å². The third kappa shape index (κ3) is 5.94. The van der Waals surface area contributed by atoms with Gasteiger partial charge in [-0.15, -0.1) is 0 Å². The van der Waals surface area contributed by atoms with Gasteiger partial charge in [0.25, 0.3) is 5.56 Å². The average molecular weight is 481 g/mol. The number of ether oxygens (including phenoxy) is 2. The Labute approximate surface area is 205 Å². The van der Waals surface area contributed by atoms with Crippen molar-refractivity contribution in [3.05, 3.63) is 70.0 Å². The molecule has 3 aromatic rings. The van der Waals surface area contributed by atoms with E-state index in [0.29, 0.717) is 29.5 Å². The van der Waals surface area contributed by atoms with Crippen molar-refractivity contribution in [3.8, 4) is 5.75 Å². The molecule has 1 saturated heterocycles. The van der Waals surface area contributed by atoms with Gasteiger partial charge in [-0.3, -0.25) is 9.69 Å². The smallest absolute Gasteiger partial charge is 0.253 e. The van der Waals surface area contributed by atoms with Crippen LogP contribution in [0.25, 0.3) is 10.9 Å². The summed E-state index contributed by atoms with van der Waals surface area (Å²) < 4.78 is 10.9. The molecule has 0 bridgehead atoms. The summed E-state index contributed by atoms with van der Waals surface area (Å²) >= 11 is 5.81. The maximum absolute atomic E-state index is 12.9. The van der Waals surface area contributed by atoms with Crippen LogP contribution in [0, 0.1) is 0 Å². The number of rotatable bonds is 8. The number of aryl methyl sites for hydroxylation is 1. The first-order chi connectivity index (χ1) is 16.6. The Kier molecular flexibility index (Phi) is 8.16. The lowest BCUT2D eigenvalue weighted by atomic mass is 10.1. The van der Waals surface area contributed by atoms with Gasteiger partial charge in [-0.1, -0.05) is 25.1 Å². The fourth-order valence-electron chi connectivity index (χ4n) is 4.13. The number of thiocarbonyl (C=S) groups is 1. The topological polar surface area (TPSA) is 69.8 Å². The molecule has 7 nitrogen and oxygen atoms in total. The van der Waals surface area contributed by atoms with Gasteiger partial charge in [-0.2, -0.15) is 0 Å². The molecule has 1 aliphatic rings. The van der Waals surface area contributed by atoms with Gasteiger partial charge < -0.3 is 24.7 Å². The highest BCUT2D eigenvalue weighted by molar-refractivity contribution is 7.80. The maximum Gasteiger partial charge on any atom is 0.253 e. The largest absolute Gasteiger partial charge is 0.495 e. The maximum atomic E-state index is 12.9. The fourth-order valence-corrected chi connectivity index (χ4v) is 4.39. The number of pyridine rings is 1. The Morgan fingerprint density at radius 1 is 1.21 bits per heavy atom. The van der Waals surface area contributed by atoms with Crippen molar-refractivity contribution in [1.82, 2.24) is 14.8 Å². The van der Waals surface area contributed by atoms with Crippen LogP contribution in [0.3, 0.4) is 0 Å². The molecule has 180 valence electrons. The lowest BCUT2D eigenvalue weighted by Crippen LogP contribution is -2.44. The number of hydrogen-bond donors (Lipinski definition) is 2.